The fourth-order valence-electron chi connectivity index (χ4n) is 3.74. The number of aromatic hydroxyl groups is 1. The number of benzene rings is 1. The summed E-state index contributed by atoms with van der Waals surface area (Å²) in [5, 5.41) is 9.34. The highest BCUT2D eigenvalue weighted by atomic mass is 32.2. The summed E-state index contributed by atoms with van der Waals surface area (Å²) in [6.45, 7) is 0.876. The van der Waals surface area contributed by atoms with Crippen molar-refractivity contribution in [3.63, 3.8) is 0 Å². The summed E-state index contributed by atoms with van der Waals surface area (Å²) >= 11 is 0. The Hall–Kier alpha value is -1.11. The number of sulfonamides is 1. The Morgan fingerprint density at radius 3 is 2.29 bits per heavy atom. The van der Waals surface area contributed by atoms with Crippen LogP contribution in [0, 0.1) is 0 Å². The molecule has 0 saturated carbocycles. The molecular formula is C15H22N2O3S. The Labute approximate surface area is 126 Å². The van der Waals surface area contributed by atoms with Crippen molar-refractivity contribution in [2.45, 2.75) is 50.4 Å². The molecule has 1 unspecified atom stereocenters. The van der Waals surface area contributed by atoms with Crippen LogP contribution in [-0.2, 0) is 16.6 Å². The number of hydrogen-bond acceptors (Lipinski definition) is 4. The van der Waals surface area contributed by atoms with Gasteiger partial charge in [-0.3, -0.25) is 4.90 Å². The molecule has 2 aliphatic heterocycles. The van der Waals surface area contributed by atoms with E-state index in [1.54, 1.807) is 12.1 Å². The average Bonchev–Trinajstić information content (AvgIpc) is 2.62. The lowest BCUT2D eigenvalue weighted by Gasteiger charge is -2.39. The van der Waals surface area contributed by atoms with Gasteiger partial charge in [0.05, 0.1) is 6.26 Å². The number of phenolic OH excluding ortho intramolecular Hbond substituents is 1. The van der Waals surface area contributed by atoms with Gasteiger partial charge >= 0.3 is 0 Å². The van der Waals surface area contributed by atoms with Gasteiger partial charge in [-0.1, -0.05) is 12.1 Å². The molecule has 2 saturated heterocycles. The van der Waals surface area contributed by atoms with Crippen molar-refractivity contribution >= 4 is 10.0 Å². The predicted molar refractivity (Wildman–Crippen MR) is 81.5 cm³/mol. The van der Waals surface area contributed by atoms with Gasteiger partial charge in [0.1, 0.15) is 5.75 Å². The molecule has 2 N–H and O–H groups in total. The van der Waals surface area contributed by atoms with Crippen LogP contribution < -0.4 is 4.72 Å². The summed E-state index contributed by atoms with van der Waals surface area (Å²) in [5.74, 6) is 0.290. The number of fused-ring (bicyclic) bond motifs is 2. The molecule has 2 fully saturated rings. The number of hydrogen-bond donors (Lipinski definition) is 2. The van der Waals surface area contributed by atoms with E-state index in [9.17, 15) is 13.5 Å². The molecule has 21 heavy (non-hydrogen) atoms. The number of nitrogens with one attached hydrogen (secondary N) is 1. The second-order valence-electron chi connectivity index (χ2n) is 6.28. The van der Waals surface area contributed by atoms with Gasteiger partial charge in [-0.15, -0.1) is 0 Å². The molecule has 3 atom stereocenters. The van der Waals surface area contributed by atoms with Gasteiger partial charge in [-0.05, 0) is 43.4 Å². The first kappa shape index (κ1) is 14.8. The van der Waals surface area contributed by atoms with Crippen LogP contribution in [0.2, 0.25) is 0 Å². The molecular weight excluding hydrogens is 288 g/mol. The van der Waals surface area contributed by atoms with E-state index < -0.39 is 10.0 Å². The zero-order valence-electron chi connectivity index (χ0n) is 12.2. The minimum Gasteiger partial charge on any atom is -0.508 e. The summed E-state index contributed by atoms with van der Waals surface area (Å²) in [6, 6.07) is 8.33. The van der Waals surface area contributed by atoms with E-state index >= 15 is 0 Å². The molecule has 5 nitrogen and oxygen atoms in total. The van der Waals surface area contributed by atoms with Crippen LogP contribution >= 0.6 is 0 Å². The van der Waals surface area contributed by atoms with Crippen LogP contribution in [0.4, 0.5) is 0 Å². The van der Waals surface area contributed by atoms with E-state index in [0.717, 1.165) is 32.2 Å². The average molecular weight is 310 g/mol. The molecule has 0 aliphatic carbocycles. The lowest BCUT2D eigenvalue weighted by atomic mass is 9.97. The van der Waals surface area contributed by atoms with Gasteiger partial charge in [0.15, 0.2) is 0 Å². The second kappa shape index (κ2) is 5.59. The molecule has 6 heteroatoms. The second-order valence-corrected chi connectivity index (χ2v) is 8.06. The summed E-state index contributed by atoms with van der Waals surface area (Å²) in [4.78, 5) is 2.49. The topological polar surface area (TPSA) is 69.6 Å². The molecule has 2 heterocycles. The monoisotopic (exact) mass is 310 g/mol. The summed E-state index contributed by atoms with van der Waals surface area (Å²) in [6.07, 6.45) is 5.30. The van der Waals surface area contributed by atoms with Crippen molar-refractivity contribution in [2.75, 3.05) is 6.26 Å². The first-order valence-corrected chi connectivity index (χ1v) is 9.31. The van der Waals surface area contributed by atoms with Crippen LogP contribution in [0.1, 0.15) is 31.2 Å². The van der Waals surface area contributed by atoms with E-state index in [0.29, 0.717) is 12.1 Å². The fourth-order valence-corrected chi connectivity index (χ4v) is 4.54. The molecule has 116 valence electrons. The van der Waals surface area contributed by atoms with Gasteiger partial charge in [0, 0.05) is 24.7 Å². The maximum atomic E-state index is 11.4. The minimum atomic E-state index is -3.12. The van der Waals surface area contributed by atoms with Gasteiger partial charge in [-0.2, -0.15) is 0 Å². The number of rotatable bonds is 4. The van der Waals surface area contributed by atoms with E-state index in [1.165, 1.54) is 11.8 Å². The largest absolute Gasteiger partial charge is 0.508 e. The van der Waals surface area contributed by atoms with Crippen LogP contribution in [0.3, 0.4) is 0 Å². The quantitative estimate of drug-likeness (QED) is 0.883. The van der Waals surface area contributed by atoms with Gasteiger partial charge in [-0.25, -0.2) is 13.1 Å². The van der Waals surface area contributed by atoms with E-state index in [-0.39, 0.29) is 11.8 Å². The summed E-state index contributed by atoms with van der Waals surface area (Å²) in [5.41, 5.74) is 1.19. The molecule has 1 aromatic rings. The van der Waals surface area contributed by atoms with E-state index in [1.807, 2.05) is 12.1 Å². The Bertz CT molecular complexity index is 586. The molecule has 0 aromatic heterocycles. The Morgan fingerprint density at radius 2 is 1.76 bits per heavy atom. The van der Waals surface area contributed by atoms with Crippen molar-refractivity contribution in [2.24, 2.45) is 0 Å². The minimum absolute atomic E-state index is 0.0774. The number of piperidine rings is 1. The van der Waals surface area contributed by atoms with Crippen molar-refractivity contribution in [3.05, 3.63) is 29.8 Å². The molecule has 3 rings (SSSR count). The van der Waals surface area contributed by atoms with E-state index in [4.69, 9.17) is 0 Å². The van der Waals surface area contributed by atoms with Crippen molar-refractivity contribution in [1.29, 1.82) is 0 Å². The predicted octanol–water partition coefficient (Wildman–Crippen LogP) is 1.44. The lowest BCUT2D eigenvalue weighted by Crippen LogP contribution is -2.49. The van der Waals surface area contributed by atoms with Crippen LogP contribution in [0.5, 0.6) is 5.75 Å². The highest BCUT2D eigenvalue weighted by Gasteiger charge is 2.41. The summed E-state index contributed by atoms with van der Waals surface area (Å²) in [7, 11) is -3.12. The van der Waals surface area contributed by atoms with Crippen molar-refractivity contribution < 1.29 is 13.5 Å². The molecule has 0 spiro atoms. The molecule has 1 aromatic carbocycles. The smallest absolute Gasteiger partial charge is 0.208 e. The fraction of sp³-hybridized carbons (Fsp3) is 0.600. The zero-order chi connectivity index (χ0) is 15.0. The first-order chi connectivity index (χ1) is 9.90. The number of phenols is 1. The maximum absolute atomic E-state index is 11.4. The zero-order valence-corrected chi connectivity index (χ0v) is 13.0. The van der Waals surface area contributed by atoms with Crippen molar-refractivity contribution in [1.82, 2.24) is 9.62 Å². The van der Waals surface area contributed by atoms with E-state index in [2.05, 4.69) is 9.62 Å². The normalized spacial score (nSPS) is 29.7. The molecule has 2 aliphatic rings. The molecule has 0 amide bonds. The first-order valence-electron chi connectivity index (χ1n) is 7.42. The van der Waals surface area contributed by atoms with Crippen molar-refractivity contribution in [3.8, 4) is 5.75 Å². The van der Waals surface area contributed by atoms with Crippen LogP contribution in [0.15, 0.2) is 24.3 Å². The Balaban J connectivity index is 1.66. The van der Waals surface area contributed by atoms with Gasteiger partial charge < -0.3 is 5.11 Å². The van der Waals surface area contributed by atoms with Gasteiger partial charge in [0.2, 0.25) is 10.0 Å². The molecule has 2 bridgehead atoms. The third kappa shape index (κ3) is 3.56. The Morgan fingerprint density at radius 1 is 1.19 bits per heavy atom. The van der Waals surface area contributed by atoms with Crippen LogP contribution in [0.25, 0.3) is 0 Å². The highest BCUT2D eigenvalue weighted by Crippen LogP contribution is 2.37. The van der Waals surface area contributed by atoms with Crippen LogP contribution in [-0.4, -0.2) is 42.8 Å². The SMILES string of the molecule is CS(=O)(=O)NC1C[C@H]2CC[C@@H](C1)N2Cc1ccc(O)cc1. The summed E-state index contributed by atoms with van der Waals surface area (Å²) < 4.78 is 25.5. The standard InChI is InChI=1S/C15H22N2O3S/c1-21(19,20)16-12-8-13-4-5-14(9-12)17(13)10-11-2-6-15(18)7-3-11/h2-3,6-7,12-14,16,18H,4-5,8-10H2,1H3/t12?,13-,14+. The Kier molecular flexibility index (Phi) is 3.94. The maximum Gasteiger partial charge on any atom is 0.208 e. The third-order valence-corrected chi connectivity index (χ3v) is 5.33. The number of nitrogens with zero attached hydrogens (tertiary/aromatic N) is 1. The lowest BCUT2D eigenvalue weighted by molar-refractivity contribution is 0.116. The highest BCUT2D eigenvalue weighted by molar-refractivity contribution is 7.88. The third-order valence-electron chi connectivity index (χ3n) is 4.57. The van der Waals surface area contributed by atoms with Gasteiger partial charge in [0.25, 0.3) is 0 Å². The molecule has 0 radical (unpaired) electrons.